The van der Waals surface area contributed by atoms with Gasteiger partial charge in [0.2, 0.25) is 0 Å². The fourth-order valence-corrected chi connectivity index (χ4v) is 2.64. The summed E-state index contributed by atoms with van der Waals surface area (Å²) in [7, 11) is 0. The molecular formula is C19H16N6O3. The number of hydrogen-bond acceptors (Lipinski definition) is 7. The van der Waals surface area contributed by atoms with Gasteiger partial charge in [0.05, 0.1) is 18.6 Å². The Labute approximate surface area is 159 Å². The zero-order chi connectivity index (χ0) is 19.5. The first kappa shape index (κ1) is 17.4. The highest BCUT2D eigenvalue weighted by atomic mass is 16.4. The maximum absolute atomic E-state index is 11.9. The number of aromatic nitrogens is 5. The largest absolute Gasteiger partial charge is 0.507 e. The Balaban J connectivity index is 1.57. The molecule has 1 aromatic carbocycles. The van der Waals surface area contributed by atoms with Gasteiger partial charge in [0.15, 0.2) is 5.82 Å². The number of nitrogens with zero attached hydrogens (tertiary/aromatic N) is 5. The summed E-state index contributed by atoms with van der Waals surface area (Å²) < 4.78 is 6.86. The molecule has 0 unspecified atom stereocenters. The highest BCUT2D eigenvalue weighted by molar-refractivity contribution is 5.84. The number of nitrogens with one attached hydrogen (secondary N) is 1. The molecule has 0 radical (unpaired) electrons. The van der Waals surface area contributed by atoms with E-state index in [4.69, 9.17) is 4.42 Å². The Morgan fingerprint density at radius 2 is 2.25 bits per heavy atom. The summed E-state index contributed by atoms with van der Waals surface area (Å²) in [6.07, 6.45) is 6.52. The van der Waals surface area contributed by atoms with Gasteiger partial charge in [0, 0.05) is 30.2 Å². The number of aryl methyl sites for hydroxylation is 1. The molecule has 0 saturated carbocycles. The second-order valence-electron chi connectivity index (χ2n) is 6.09. The van der Waals surface area contributed by atoms with Crippen LogP contribution in [0.1, 0.15) is 17.1 Å². The maximum Gasteiger partial charge on any atom is 0.348 e. The van der Waals surface area contributed by atoms with E-state index < -0.39 is 5.63 Å². The third kappa shape index (κ3) is 3.73. The van der Waals surface area contributed by atoms with Gasteiger partial charge in [0.1, 0.15) is 22.9 Å². The lowest BCUT2D eigenvalue weighted by Gasteiger charge is -2.00. The lowest BCUT2D eigenvalue weighted by atomic mass is 10.2. The van der Waals surface area contributed by atoms with Gasteiger partial charge in [-0.25, -0.2) is 14.8 Å². The van der Waals surface area contributed by atoms with Gasteiger partial charge in [-0.15, -0.1) is 0 Å². The van der Waals surface area contributed by atoms with Crippen LogP contribution in [0.5, 0.6) is 5.75 Å². The van der Waals surface area contributed by atoms with Gasteiger partial charge in [-0.3, -0.25) is 10.1 Å². The zero-order valence-corrected chi connectivity index (χ0v) is 14.9. The SMILES string of the molecule is Cc1cc(O)c(C=Nc2cccc(-c3n[nH]c(Cn4ccnc4)n3)c2)c(=O)o1. The summed E-state index contributed by atoms with van der Waals surface area (Å²) in [5, 5.41) is 17.1. The lowest BCUT2D eigenvalue weighted by molar-refractivity contribution is 0.433. The van der Waals surface area contributed by atoms with Crippen LogP contribution >= 0.6 is 0 Å². The average Bonchev–Trinajstić information content (AvgIpc) is 3.34. The molecule has 0 spiro atoms. The van der Waals surface area contributed by atoms with E-state index in [2.05, 4.69) is 25.2 Å². The van der Waals surface area contributed by atoms with E-state index in [1.54, 1.807) is 31.6 Å². The number of benzene rings is 1. The van der Waals surface area contributed by atoms with E-state index in [1.807, 2.05) is 22.9 Å². The van der Waals surface area contributed by atoms with Crippen molar-refractivity contribution >= 4 is 11.9 Å². The van der Waals surface area contributed by atoms with Crippen molar-refractivity contribution in [1.29, 1.82) is 0 Å². The van der Waals surface area contributed by atoms with Crippen molar-refractivity contribution in [2.45, 2.75) is 13.5 Å². The lowest BCUT2D eigenvalue weighted by Crippen LogP contribution is -2.07. The molecule has 0 aliphatic rings. The number of aliphatic imine (C=N–C) groups is 1. The van der Waals surface area contributed by atoms with Crippen molar-refractivity contribution in [3.63, 3.8) is 0 Å². The van der Waals surface area contributed by atoms with E-state index in [0.29, 0.717) is 29.6 Å². The third-order valence-corrected chi connectivity index (χ3v) is 3.96. The van der Waals surface area contributed by atoms with Crippen molar-refractivity contribution in [2.24, 2.45) is 4.99 Å². The Hall–Kier alpha value is -4.01. The number of aromatic amines is 1. The minimum Gasteiger partial charge on any atom is -0.507 e. The molecule has 0 amide bonds. The van der Waals surface area contributed by atoms with E-state index >= 15 is 0 Å². The van der Waals surface area contributed by atoms with E-state index in [9.17, 15) is 9.90 Å². The molecule has 28 heavy (non-hydrogen) atoms. The van der Waals surface area contributed by atoms with Gasteiger partial charge >= 0.3 is 5.63 Å². The quantitative estimate of drug-likeness (QED) is 0.516. The molecule has 3 heterocycles. The molecule has 9 nitrogen and oxygen atoms in total. The van der Waals surface area contributed by atoms with E-state index in [1.165, 1.54) is 12.3 Å². The van der Waals surface area contributed by atoms with E-state index in [-0.39, 0.29) is 11.3 Å². The molecule has 3 aromatic heterocycles. The van der Waals surface area contributed by atoms with Crippen LogP contribution in [0.3, 0.4) is 0 Å². The van der Waals surface area contributed by atoms with Gasteiger partial charge in [-0.05, 0) is 19.1 Å². The smallest absolute Gasteiger partial charge is 0.348 e. The first-order valence-corrected chi connectivity index (χ1v) is 8.44. The monoisotopic (exact) mass is 376 g/mol. The predicted octanol–water partition coefficient (Wildman–Crippen LogP) is 2.43. The molecule has 0 bridgehead atoms. The molecule has 0 aliphatic heterocycles. The fraction of sp³-hybridized carbons (Fsp3) is 0.105. The van der Waals surface area contributed by atoms with Gasteiger partial charge in [0.25, 0.3) is 0 Å². The molecule has 2 N–H and O–H groups in total. The van der Waals surface area contributed by atoms with Crippen LogP contribution in [0.2, 0.25) is 0 Å². The second-order valence-corrected chi connectivity index (χ2v) is 6.09. The fourth-order valence-electron chi connectivity index (χ4n) is 2.64. The minimum absolute atomic E-state index is 0.00323. The first-order chi connectivity index (χ1) is 13.6. The van der Waals surface area contributed by atoms with Gasteiger partial charge < -0.3 is 14.1 Å². The molecule has 4 aromatic rings. The maximum atomic E-state index is 11.9. The zero-order valence-electron chi connectivity index (χ0n) is 14.9. The number of rotatable bonds is 5. The van der Waals surface area contributed by atoms with Crippen LogP contribution in [0.15, 0.2) is 63.3 Å². The van der Waals surface area contributed by atoms with Crippen LogP contribution in [-0.4, -0.2) is 36.1 Å². The summed E-state index contributed by atoms with van der Waals surface area (Å²) in [6, 6.07) is 8.60. The van der Waals surface area contributed by atoms with Crippen LogP contribution in [0.4, 0.5) is 5.69 Å². The number of H-pyrrole nitrogens is 1. The van der Waals surface area contributed by atoms with Gasteiger partial charge in [-0.2, -0.15) is 5.10 Å². The molecule has 0 aliphatic carbocycles. The van der Waals surface area contributed by atoms with Crippen molar-refractivity contribution in [2.75, 3.05) is 0 Å². The molecule has 0 atom stereocenters. The molecular weight excluding hydrogens is 360 g/mol. The van der Waals surface area contributed by atoms with Crippen molar-refractivity contribution in [3.05, 3.63) is 76.6 Å². The Kier molecular flexibility index (Phi) is 4.55. The summed E-state index contributed by atoms with van der Waals surface area (Å²) in [5.74, 6) is 1.39. The topological polar surface area (TPSA) is 122 Å². The molecule has 9 heteroatoms. The molecule has 0 saturated heterocycles. The highest BCUT2D eigenvalue weighted by Gasteiger charge is 2.09. The summed E-state index contributed by atoms with van der Waals surface area (Å²) in [4.78, 5) is 24.6. The number of aromatic hydroxyl groups is 1. The Morgan fingerprint density at radius 1 is 1.36 bits per heavy atom. The summed E-state index contributed by atoms with van der Waals surface area (Å²) >= 11 is 0. The minimum atomic E-state index is -0.643. The predicted molar refractivity (Wildman–Crippen MR) is 102 cm³/mol. The molecule has 0 fully saturated rings. The number of hydrogen-bond donors (Lipinski definition) is 2. The Morgan fingerprint density at radius 3 is 3.04 bits per heavy atom. The van der Waals surface area contributed by atoms with Gasteiger partial charge in [-0.1, -0.05) is 12.1 Å². The van der Waals surface area contributed by atoms with Crippen LogP contribution in [0, 0.1) is 6.92 Å². The van der Waals surface area contributed by atoms with Crippen LogP contribution in [-0.2, 0) is 6.54 Å². The van der Waals surface area contributed by atoms with Crippen molar-refractivity contribution in [1.82, 2.24) is 24.7 Å². The second kappa shape index (κ2) is 7.31. The standard InChI is InChI=1S/C19H16N6O3/c1-12-7-16(26)15(19(27)28-12)9-21-14-4-2-3-13(8-14)18-22-17(23-24-18)10-25-6-5-20-11-25/h2-9,11,26H,10H2,1H3,(H,22,23,24). The highest BCUT2D eigenvalue weighted by Crippen LogP contribution is 2.22. The van der Waals surface area contributed by atoms with Crippen LogP contribution < -0.4 is 5.63 Å². The molecule has 4 rings (SSSR count). The number of imidazole rings is 1. The third-order valence-electron chi connectivity index (χ3n) is 3.96. The normalized spacial score (nSPS) is 11.3. The summed E-state index contributed by atoms with van der Waals surface area (Å²) in [6.45, 7) is 2.12. The average molecular weight is 376 g/mol. The molecule has 140 valence electrons. The van der Waals surface area contributed by atoms with Crippen molar-refractivity contribution < 1.29 is 9.52 Å². The van der Waals surface area contributed by atoms with E-state index in [0.717, 1.165) is 5.56 Å². The first-order valence-electron chi connectivity index (χ1n) is 8.44. The Bertz CT molecular complexity index is 1190. The summed E-state index contributed by atoms with van der Waals surface area (Å²) in [5.41, 5.74) is 0.702. The van der Waals surface area contributed by atoms with Crippen LogP contribution in [0.25, 0.3) is 11.4 Å². The van der Waals surface area contributed by atoms with Crippen molar-refractivity contribution in [3.8, 4) is 17.1 Å².